The standard InChI is InChI=1S/C21H22O/c1-14(2)20-12-19-11-17(7-8-18(19)13-21(20)22)10-16-6-4-5-15(3)9-16/h4-9,11-14,22H,10H2,1-3H3. The van der Waals surface area contributed by atoms with Crippen molar-refractivity contribution in [3.8, 4) is 5.75 Å². The normalized spacial score (nSPS) is 11.3. The van der Waals surface area contributed by atoms with E-state index in [2.05, 4.69) is 69.3 Å². The molecule has 0 amide bonds. The van der Waals surface area contributed by atoms with Gasteiger partial charge in [-0.2, -0.15) is 0 Å². The number of rotatable bonds is 3. The van der Waals surface area contributed by atoms with Crippen LogP contribution in [-0.2, 0) is 6.42 Å². The molecule has 0 fully saturated rings. The number of aryl methyl sites for hydroxylation is 1. The molecule has 3 aromatic rings. The molecule has 112 valence electrons. The summed E-state index contributed by atoms with van der Waals surface area (Å²) in [7, 11) is 0. The van der Waals surface area contributed by atoms with Gasteiger partial charge in [0, 0.05) is 0 Å². The second-order valence-electron chi connectivity index (χ2n) is 6.41. The number of phenolic OH excluding ortho intramolecular Hbond substituents is 1. The molecular formula is C21H22O. The molecular weight excluding hydrogens is 268 g/mol. The van der Waals surface area contributed by atoms with Gasteiger partial charge in [-0.3, -0.25) is 0 Å². The number of hydrogen-bond donors (Lipinski definition) is 1. The highest BCUT2D eigenvalue weighted by Gasteiger charge is 2.08. The van der Waals surface area contributed by atoms with Crippen molar-refractivity contribution in [3.63, 3.8) is 0 Å². The molecule has 0 atom stereocenters. The largest absolute Gasteiger partial charge is 0.508 e. The van der Waals surface area contributed by atoms with Gasteiger partial charge >= 0.3 is 0 Å². The summed E-state index contributed by atoms with van der Waals surface area (Å²) in [6.45, 7) is 6.34. The first kappa shape index (κ1) is 14.6. The van der Waals surface area contributed by atoms with E-state index in [1.165, 1.54) is 22.1 Å². The van der Waals surface area contributed by atoms with Crippen LogP contribution in [0.3, 0.4) is 0 Å². The highest BCUT2D eigenvalue weighted by molar-refractivity contribution is 5.85. The van der Waals surface area contributed by atoms with Gasteiger partial charge in [0.25, 0.3) is 0 Å². The molecule has 1 N–H and O–H groups in total. The molecule has 1 nitrogen and oxygen atoms in total. The van der Waals surface area contributed by atoms with Crippen molar-refractivity contribution in [1.82, 2.24) is 0 Å². The van der Waals surface area contributed by atoms with E-state index in [0.717, 1.165) is 17.4 Å². The lowest BCUT2D eigenvalue weighted by atomic mass is 9.95. The average Bonchev–Trinajstić information content (AvgIpc) is 2.46. The number of aromatic hydroxyl groups is 1. The zero-order valence-electron chi connectivity index (χ0n) is 13.4. The predicted octanol–water partition coefficient (Wildman–Crippen LogP) is 5.57. The molecule has 0 unspecified atom stereocenters. The van der Waals surface area contributed by atoms with E-state index in [1.807, 2.05) is 6.07 Å². The minimum atomic E-state index is 0.324. The summed E-state index contributed by atoms with van der Waals surface area (Å²) >= 11 is 0. The number of hydrogen-bond acceptors (Lipinski definition) is 1. The molecule has 3 rings (SSSR count). The molecule has 0 aromatic heterocycles. The monoisotopic (exact) mass is 290 g/mol. The third kappa shape index (κ3) is 2.99. The van der Waals surface area contributed by atoms with Crippen LogP contribution in [0, 0.1) is 6.92 Å². The summed E-state index contributed by atoms with van der Waals surface area (Å²) < 4.78 is 0. The summed E-state index contributed by atoms with van der Waals surface area (Å²) in [5.74, 6) is 0.721. The van der Waals surface area contributed by atoms with Gasteiger partial charge in [0.1, 0.15) is 5.75 Å². The third-order valence-electron chi connectivity index (χ3n) is 4.16. The molecule has 0 aliphatic heterocycles. The Kier molecular flexibility index (Phi) is 3.89. The van der Waals surface area contributed by atoms with Crippen LogP contribution in [0.4, 0.5) is 0 Å². The molecule has 3 aromatic carbocycles. The van der Waals surface area contributed by atoms with E-state index >= 15 is 0 Å². The SMILES string of the molecule is Cc1cccc(Cc2ccc3cc(O)c(C(C)C)cc3c2)c1. The molecule has 0 saturated carbocycles. The van der Waals surface area contributed by atoms with E-state index in [0.29, 0.717) is 11.7 Å². The Bertz CT molecular complexity index is 815. The highest BCUT2D eigenvalue weighted by atomic mass is 16.3. The lowest BCUT2D eigenvalue weighted by Crippen LogP contribution is -1.91. The number of fused-ring (bicyclic) bond motifs is 1. The second-order valence-corrected chi connectivity index (χ2v) is 6.41. The van der Waals surface area contributed by atoms with Crippen molar-refractivity contribution in [2.75, 3.05) is 0 Å². The molecule has 0 heterocycles. The first-order valence-electron chi connectivity index (χ1n) is 7.84. The first-order chi connectivity index (χ1) is 10.5. The highest BCUT2D eigenvalue weighted by Crippen LogP contribution is 2.31. The van der Waals surface area contributed by atoms with Gasteiger partial charge < -0.3 is 5.11 Å². The van der Waals surface area contributed by atoms with Gasteiger partial charge in [-0.25, -0.2) is 0 Å². The zero-order valence-corrected chi connectivity index (χ0v) is 13.4. The summed E-state index contributed by atoms with van der Waals surface area (Å²) in [5, 5.41) is 12.4. The molecule has 0 spiro atoms. The quantitative estimate of drug-likeness (QED) is 0.668. The molecule has 1 heteroatoms. The maximum atomic E-state index is 10.1. The van der Waals surface area contributed by atoms with E-state index < -0.39 is 0 Å². The van der Waals surface area contributed by atoms with Gasteiger partial charge in [0.15, 0.2) is 0 Å². The van der Waals surface area contributed by atoms with Gasteiger partial charge in [0.05, 0.1) is 0 Å². The van der Waals surface area contributed by atoms with Crippen LogP contribution in [0.5, 0.6) is 5.75 Å². The maximum Gasteiger partial charge on any atom is 0.119 e. The van der Waals surface area contributed by atoms with Crippen LogP contribution in [0.1, 0.15) is 42.0 Å². The van der Waals surface area contributed by atoms with Crippen molar-refractivity contribution in [3.05, 3.63) is 76.9 Å². The van der Waals surface area contributed by atoms with Crippen molar-refractivity contribution in [2.24, 2.45) is 0 Å². The van der Waals surface area contributed by atoms with Gasteiger partial charge in [-0.1, -0.05) is 61.9 Å². The lowest BCUT2D eigenvalue weighted by molar-refractivity contribution is 0.466. The average molecular weight is 290 g/mol. The molecule has 0 radical (unpaired) electrons. The van der Waals surface area contributed by atoms with Crippen molar-refractivity contribution in [2.45, 2.75) is 33.1 Å². The fourth-order valence-corrected chi connectivity index (χ4v) is 2.98. The molecule has 0 bridgehead atoms. The molecule has 0 aliphatic carbocycles. The molecule has 0 saturated heterocycles. The summed E-state index contributed by atoms with van der Waals surface area (Å²) in [6.07, 6.45) is 0.940. The fraction of sp³-hybridized carbons (Fsp3) is 0.238. The van der Waals surface area contributed by atoms with Crippen LogP contribution in [0.25, 0.3) is 10.8 Å². The summed E-state index contributed by atoms with van der Waals surface area (Å²) in [4.78, 5) is 0. The Morgan fingerprint density at radius 2 is 1.64 bits per heavy atom. The smallest absolute Gasteiger partial charge is 0.119 e. The minimum Gasteiger partial charge on any atom is -0.508 e. The molecule has 22 heavy (non-hydrogen) atoms. The fourth-order valence-electron chi connectivity index (χ4n) is 2.98. The van der Waals surface area contributed by atoms with E-state index in [9.17, 15) is 5.11 Å². The maximum absolute atomic E-state index is 10.1. The Morgan fingerprint density at radius 3 is 2.36 bits per heavy atom. The lowest BCUT2D eigenvalue weighted by Gasteiger charge is -2.11. The van der Waals surface area contributed by atoms with Crippen molar-refractivity contribution in [1.29, 1.82) is 0 Å². The van der Waals surface area contributed by atoms with Crippen LogP contribution in [0.2, 0.25) is 0 Å². The molecule has 0 aliphatic rings. The summed E-state index contributed by atoms with van der Waals surface area (Å²) in [5.41, 5.74) is 4.95. The Balaban J connectivity index is 2.00. The van der Waals surface area contributed by atoms with Crippen LogP contribution >= 0.6 is 0 Å². The predicted molar refractivity (Wildman–Crippen MR) is 93.7 cm³/mol. The first-order valence-corrected chi connectivity index (χ1v) is 7.84. The number of benzene rings is 3. The van der Waals surface area contributed by atoms with Crippen LogP contribution in [0.15, 0.2) is 54.6 Å². The van der Waals surface area contributed by atoms with Crippen molar-refractivity contribution < 1.29 is 5.11 Å². The van der Waals surface area contributed by atoms with Gasteiger partial charge in [-0.15, -0.1) is 0 Å². The Hall–Kier alpha value is -2.28. The third-order valence-corrected chi connectivity index (χ3v) is 4.16. The zero-order chi connectivity index (χ0) is 15.7. The second kappa shape index (κ2) is 5.84. The van der Waals surface area contributed by atoms with E-state index in [-0.39, 0.29) is 0 Å². The Labute approximate surface area is 132 Å². The Morgan fingerprint density at radius 1 is 0.864 bits per heavy atom. The van der Waals surface area contributed by atoms with E-state index in [1.54, 1.807) is 0 Å². The number of phenols is 1. The topological polar surface area (TPSA) is 20.2 Å². The summed E-state index contributed by atoms with van der Waals surface area (Å²) in [6, 6.07) is 19.1. The minimum absolute atomic E-state index is 0.324. The van der Waals surface area contributed by atoms with Crippen LogP contribution < -0.4 is 0 Å². The van der Waals surface area contributed by atoms with E-state index in [4.69, 9.17) is 0 Å². The van der Waals surface area contributed by atoms with Crippen molar-refractivity contribution >= 4 is 10.8 Å². The van der Waals surface area contributed by atoms with Gasteiger partial charge in [0.2, 0.25) is 0 Å². The van der Waals surface area contributed by atoms with Crippen LogP contribution in [-0.4, -0.2) is 5.11 Å². The van der Waals surface area contributed by atoms with Gasteiger partial charge in [-0.05, 0) is 58.9 Å².